The molecular formula is C17H15BrClNO4. The molecule has 7 heteroatoms. The Labute approximate surface area is 153 Å². The number of hydrogen-bond acceptors (Lipinski definition) is 4. The Hall–Kier alpha value is -2.05. The van der Waals surface area contributed by atoms with Crippen LogP contribution in [0.1, 0.15) is 17.3 Å². The van der Waals surface area contributed by atoms with E-state index in [-0.39, 0.29) is 12.5 Å². The van der Waals surface area contributed by atoms with Gasteiger partial charge >= 0.3 is 5.97 Å². The maximum Gasteiger partial charge on any atom is 0.344 e. The van der Waals surface area contributed by atoms with Crippen molar-refractivity contribution < 1.29 is 19.1 Å². The maximum absolute atomic E-state index is 12.3. The van der Waals surface area contributed by atoms with Crippen molar-refractivity contribution in [3.8, 4) is 5.75 Å². The summed E-state index contributed by atoms with van der Waals surface area (Å²) in [6.07, 6.45) is 0. The monoisotopic (exact) mass is 411 g/mol. The van der Waals surface area contributed by atoms with Crippen molar-refractivity contribution in [1.82, 2.24) is 0 Å². The van der Waals surface area contributed by atoms with Gasteiger partial charge < -0.3 is 14.8 Å². The molecule has 0 heterocycles. The summed E-state index contributed by atoms with van der Waals surface area (Å²) >= 11 is 9.35. The van der Waals surface area contributed by atoms with Crippen LogP contribution in [0.3, 0.4) is 0 Å². The molecule has 0 bridgehead atoms. The van der Waals surface area contributed by atoms with Gasteiger partial charge in [0.1, 0.15) is 5.75 Å². The fourth-order valence-corrected chi connectivity index (χ4v) is 2.44. The minimum Gasteiger partial charge on any atom is -0.482 e. The van der Waals surface area contributed by atoms with Gasteiger partial charge in [-0.05, 0) is 37.3 Å². The van der Waals surface area contributed by atoms with E-state index in [1.54, 1.807) is 49.4 Å². The summed E-state index contributed by atoms with van der Waals surface area (Å²) in [6.45, 7) is 1.83. The molecule has 126 valence electrons. The Morgan fingerprint density at radius 3 is 2.75 bits per heavy atom. The molecule has 2 aromatic carbocycles. The number of benzene rings is 2. The van der Waals surface area contributed by atoms with Crippen LogP contribution in [0.4, 0.5) is 5.69 Å². The second kappa shape index (κ2) is 8.70. The van der Waals surface area contributed by atoms with E-state index in [4.69, 9.17) is 21.1 Å². The summed E-state index contributed by atoms with van der Waals surface area (Å²) in [4.78, 5) is 23.6. The number of anilines is 1. The molecule has 24 heavy (non-hydrogen) atoms. The molecule has 2 rings (SSSR count). The minimum absolute atomic E-state index is 0.192. The third kappa shape index (κ3) is 5.25. The third-order valence-electron chi connectivity index (χ3n) is 2.93. The smallest absolute Gasteiger partial charge is 0.344 e. The van der Waals surface area contributed by atoms with E-state index < -0.39 is 5.97 Å². The molecule has 0 atom stereocenters. The van der Waals surface area contributed by atoms with E-state index in [9.17, 15) is 9.59 Å². The van der Waals surface area contributed by atoms with Gasteiger partial charge in [-0.2, -0.15) is 0 Å². The molecule has 2 aromatic rings. The molecule has 0 spiro atoms. The van der Waals surface area contributed by atoms with E-state index in [1.165, 1.54) is 0 Å². The highest BCUT2D eigenvalue weighted by Gasteiger charge is 2.12. The predicted octanol–water partition coefficient (Wildman–Crippen LogP) is 4.30. The summed E-state index contributed by atoms with van der Waals surface area (Å²) < 4.78 is 10.9. The fraction of sp³-hybridized carbons (Fsp3) is 0.176. The molecule has 0 aromatic heterocycles. The van der Waals surface area contributed by atoms with Gasteiger partial charge in [-0.3, -0.25) is 4.79 Å². The molecule has 0 aliphatic rings. The molecule has 1 amide bonds. The van der Waals surface area contributed by atoms with Gasteiger partial charge in [0.15, 0.2) is 6.61 Å². The van der Waals surface area contributed by atoms with Crippen LogP contribution in [0.25, 0.3) is 0 Å². The zero-order valence-corrected chi connectivity index (χ0v) is 15.2. The largest absolute Gasteiger partial charge is 0.482 e. The molecule has 0 saturated carbocycles. The van der Waals surface area contributed by atoms with Crippen molar-refractivity contribution in [2.24, 2.45) is 0 Å². The summed E-state index contributed by atoms with van der Waals surface area (Å²) in [7, 11) is 0. The van der Waals surface area contributed by atoms with E-state index in [1.807, 2.05) is 0 Å². The van der Waals surface area contributed by atoms with Gasteiger partial charge in [0.2, 0.25) is 0 Å². The average molecular weight is 413 g/mol. The first kappa shape index (κ1) is 18.3. The standard InChI is InChI=1S/C17H15BrClNO4/c1-2-23-16(21)10-24-13-5-3-4-12(9-13)20-17(22)14-8-11(18)6-7-15(14)19/h3-9H,2,10H2,1H3,(H,20,22). The highest BCUT2D eigenvalue weighted by Crippen LogP contribution is 2.23. The van der Waals surface area contributed by atoms with Crippen LogP contribution >= 0.6 is 27.5 Å². The first-order valence-corrected chi connectivity index (χ1v) is 8.31. The highest BCUT2D eigenvalue weighted by atomic mass is 79.9. The summed E-state index contributed by atoms with van der Waals surface area (Å²) in [5, 5.41) is 3.09. The lowest BCUT2D eigenvalue weighted by molar-refractivity contribution is -0.145. The number of nitrogens with one attached hydrogen (secondary N) is 1. The number of esters is 1. The summed E-state index contributed by atoms with van der Waals surface area (Å²) in [6, 6.07) is 11.7. The first-order valence-electron chi connectivity index (χ1n) is 7.14. The van der Waals surface area contributed by atoms with Crippen molar-refractivity contribution >= 4 is 45.1 Å². The van der Waals surface area contributed by atoms with Crippen molar-refractivity contribution in [1.29, 1.82) is 0 Å². The lowest BCUT2D eigenvalue weighted by Crippen LogP contribution is -2.15. The van der Waals surface area contributed by atoms with Crippen molar-refractivity contribution in [3.63, 3.8) is 0 Å². The van der Waals surface area contributed by atoms with Crippen molar-refractivity contribution in [3.05, 3.63) is 57.5 Å². The zero-order chi connectivity index (χ0) is 17.5. The van der Waals surface area contributed by atoms with Crippen LogP contribution in [0.5, 0.6) is 5.75 Å². The second-order valence-corrected chi connectivity index (χ2v) is 6.02. The second-order valence-electron chi connectivity index (χ2n) is 4.70. The molecule has 0 unspecified atom stereocenters. The molecule has 5 nitrogen and oxygen atoms in total. The number of rotatable bonds is 6. The molecule has 0 aliphatic heterocycles. The summed E-state index contributed by atoms with van der Waals surface area (Å²) in [5.74, 6) is -0.349. The molecule has 0 fully saturated rings. The molecule has 0 radical (unpaired) electrons. The van der Waals surface area contributed by atoms with Crippen LogP contribution in [0, 0.1) is 0 Å². The van der Waals surface area contributed by atoms with E-state index >= 15 is 0 Å². The Morgan fingerprint density at radius 2 is 2.00 bits per heavy atom. The highest BCUT2D eigenvalue weighted by molar-refractivity contribution is 9.10. The molecule has 0 aliphatic carbocycles. The van der Waals surface area contributed by atoms with E-state index in [2.05, 4.69) is 21.2 Å². The van der Waals surface area contributed by atoms with Crippen LogP contribution in [0.2, 0.25) is 5.02 Å². The Balaban J connectivity index is 2.05. The van der Waals surface area contributed by atoms with Crippen LogP contribution in [0.15, 0.2) is 46.9 Å². The zero-order valence-electron chi connectivity index (χ0n) is 12.8. The normalized spacial score (nSPS) is 10.1. The topological polar surface area (TPSA) is 64.6 Å². The number of halogens is 2. The third-order valence-corrected chi connectivity index (χ3v) is 3.75. The molecule has 0 saturated heterocycles. The Kier molecular flexibility index (Phi) is 6.63. The number of carbonyl (C=O) groups is 2. The number of carbonyl (C=O) groups excluding carboxylic acids is 2. The average Bonchev–Trinajstić information content (AvgIpc) is 2.56. The first-order chi connectivity index (χ1) is 11.5. The quantitative estimate of drug-likeness (QED) is 0.719. The summed E-state index contributed by atoms with van der Waals surface area (Å²) in [5.41, 5.74) is 0.876. The number of hydrogen-bond donors (Lipinski definition) is 1. The van der Waals surface area contributed by atoms with Gasteiger partial charge in [-0.25, -0.2) is 4.79 Å². The Bertz CT molecular complexity index is 751. The molecular weight excluding hydrogens is 398 g/mol. The fourth-order valence-electron chi connectivity index (χ4n) is 1.88. The van der Waals surface area contributed by atoms with Crippen LogP contribution < -0.4 is 10.1 Å². The number of ether oxygens (including phenoxy) is 2. The number of amides is 1. The van der Waals surface area contributed by atoms with Crippen LogP contribution in [-0.2, 0) is 9.53 Å². The lowest BCUT2D eigenvalue weighted by atomic mass is 10.2. The van der Waals surface area contributed by atoms with Gasteiger partial charge in [0.25, 0.3) is 5.91 Å². The van der Waals surface area contributed by atoms with E-state index in [0.29, 0.717) is 28.6 Å². The van der Waals surface area contributed by atoms with Gasteiger partial charge in [-0.1, -0.05) is 33.6 Å². The van der Waals surface area contributed by atoms with Gasteiger partial charge in [-0.15, -0.1) is 0 Å². The predicted molar refractivity (Wildman–Crippen MR) is 95.7 cm³/mol. The van der Waals surface area contributed by atoms with Crippen molar-refractivity contribution in [2.45, 2.75) is 6.92 Å². The van der Waals surface area contributed by atoms with Gasteiger partial charge in [0, 0.05) is 16.2 Å². The van der Waals surface area contributed by atoms with Crippen molar-refractivity contribution in [2.75, 3.05) is 18.5 Å². The lowest BCUT2D eigenvalue weighted by Gasteiger charge is -2.10. The van der Waals surface area contributed by atoms with Gasteiger partial charge in [0.05, 0.1) is 17.2 Å². The minimum atomic E-state index is -0.451. The van der Waals surface area contributed by atoms with Crippen LogP contribution in [-0.4, -0.2) is 25.1 Å². The van der Waals surface area contributed by atoms with E-state index in [0.717, 1.165) is 4.47 Å². The Morgan fingerprint density at radius 1 is 1.21 bits per heavy atom. The maximum atomic E-state index is 12.3. The SMILES string of the molecule is CCOC(=O)COc1cccc(NC(=O)c2cc(Br)ccc2Cl)c1. The molecule has 1 N–H and O–H groups in total.